The zero-order chi connectivity index (χ0) is 15.1. The number of anilines is 1. The summed E-state index contributed by atoms with van der Waals surface area (Å²) in [7, 11) is 1.65. The van der Waals surface area contributed by atoms with Gasteiger partial charge in [-0.1, -0.05) is 30.3 Å². The average Bonchev–Trinajstić information content (AvgIpc) is 3.16. The number of fused-ring (bicyclic) bond motifs is 2. The molecule has 110 valence electrons. The fourth-order valence-electron chi connectivity index (χ4n) is 2.63. The second-order valence-electron chi connectivity index (χ2n) is 5.28. The van der Waals surface area contributed by atoms with Gasteiger partial charge in [0.1, 0.15) is 11.3 Å². The third-order valence-electron chi connectivity index (χ3n) is 3.82. The molecular formula is C17H14N2O3. The van der Waals surface area contributed by atoms with Crippen LogP contribution in [0.3, 0.4) is 0 Å². The van der Waals surface area contributed by atoms with Gasteiger partial charge in [-0.25, -0.2) is 0 Å². The maximum atomic E-state index is 12.6. The van der Waals surface area contributed by atoms with Crippen LogP contribution in [0.1, 0.15) is 5.56 Å². The molecule has 22 heavy (non-hydrogen) atoms. The average molecular weight is 294 g/mol. The zero-order valence-electron chi connectivity index (χ0n) is 12.0. The van der Waals surface area contributed by atoms with E-state index in [2.05, 4.69) is 4.98 Å². The van der Waals surface area contributed by atoms with E-state index in [1.54, 1.807) is 7.05 Å². The third kappa shape index (κ3) is 2.02. The van der Waals surface area contributed by atoms with Gasteiger partial charge in [-0.2, -0.15) is 4.98 Å². The molecule has 5 heteroatoms. The monoisotopic (exact) mass is 294 g/mol. The number of benzene rings is 2. The van der Waals surface area contributed by atoms with Crippen molar-refractivity contribution in [2.45, 2.75) is 12.5 Å². The largest absolute Gasteiger partial charge is 0.480 e. The highest BCUT2D eigenvalue weighted by atomic mass is 16.5. The minimum Gasteiger partial charge on any atom is -0.480 e. The van der Waals surface area contributed by atoms with E-state index in [0.29, 0.717) is 12.0 Å². The highest BCUT2D eigenvalue weighted by Crippen LogP contribution is 2.30. The van der Waals surface area contributed by atoms with Gasteiger partial charge >= 0.3 is 6.01 Å². The van der Waals surface area contributed by atoms with Crippen molar-refractivity contribution in [1.29, 1.82) is 0 Å². The molecule has 1 aliphatic heterocycles. The first-order chi connectivity index (χ1) is 10.7. The molecule has 0 aliphatic carbocycles. The van der Waals surface area contributed by atoms with Crippen molar-refractivity contribution >= 4 is 23.0 Å². The van der Waals surface area contributed by atoms with Gasteiger partial charge in [0.25, 0.3) is 5.91 Å². The number of oxazole rings is 1. The molecule has 1 aromatic heterocycles. The molecule has 0 radical (unpaired) electrons. The number of carbonyl (C=O) groups is 1. The van der Waals surface area contributed by atoms with E-state index in [1.807, 2.05) is 48.5 Å². The summed E-state index contributed by atoms with van der Waals surface area (Å²) in [5.41, 5.74) is 2.44. The SMILES string of the molecule is CN(C(=O)C1Cc2ccccc2O1)c1nc2ccccc2o1. The summed E-state index contributed by atoms with van der Waals surface area (Å²) in [5, 5.41) is 0. The molecule has 0 fully saturated rings. The lowest BCUT2D eigenvalue weighted by molar-refractivity contribution is -0.124. The van der Waals surface area contributed by atoms with Crippen LogP contribution in [0, 0.1) is 0 Å². The smallest absolute Gasteiger partial charge is 0.305 e. The Morgan fingerprint density at radius 1 is 1.18 bits per heavy atom. The fraction of sp³-hybridized carbons (Fsp3) is 0.176. The molecule has 2 aromatic carbocycles. The van der Waals surface area contributed by atoms with Crippen LogP contribution in [0.4, 0.5) is 6.01 Å². The summed E-state index contributed by atoms with van der Waals surface area (Å²) < 4.78 is 11.4. The number of para-hydroxylation sites is 3. The Morgan fingerprint density at radius 3 is 2.77 bits per heavy atom. The molecule has 5 nitrogen and oxygen atoms in total. The Balaban J connectivity index is 1.58. The standard InChI is InChI=1S/C17H14N2O3/c1-19(17-18-12-7-3-5-9-14(12)22-17)16(20)15-10-11-6-2-4-8-13(11)21-15/h2-9,15H,10H2,1H3. The molecule has 1 amide bonds. The molecule has 0 saturated heterocycles. The van der Waals surface area contributed by atoms with Gasteiger partial charge in [0.15, 0.2) is 11.7 Å². The van der Waals surface area contributed by atoms with Crippen LogP contribution in [-0.4, -0.2) is 24.0 Å². The van der Waals surface area contributed by atoms with Gasteiger partial charge in [-0.05, 0) is 23.8 Å². The minimum atomic E-state index is -0.530. The second kappa shape index (κ2) is 4.87. The van der Waals surface area contributed by atoms with Crippen LogP contribution >= 0.6 is 0 Å². The Hall–Kier alpha value is -2.82. The zero-order valence-corrected chi connectivity index (χ0v) is 12.0. The number of carbonyl (C=O) groups excluding carboxylic acids is 1. The van der Waals surface area contributed by atoms with E-state index in [1.165, 1.54) is 4.90 Å². The summed E-state index contributed by atoms with van der Waals surface area (Å²) in [6.07, 6.45) is 0.0388. The number of hydrogen-bond acceptors (Lipinski definition) is 4. The lowest BCUT2D eigenvalue weighted by atomic mass is 10.1. The van der Waals surface area contributed by atoms with E-state index in [9.17, 15) is 4.79 Å². The summed E-state index contributed by atoms with van der Waals surface area (Å²) >= 11 is 0. The van der Waals surface area contributed by atoms with Gasteiger partial charge in [0.2, 0.25) is 0 Å². The van der Waals surface area contributed by atoms with Crippen molar-refractivity contribution in [2.24, 2.45) is 0 Å². The van der Waals surface area contributed by atoms with E-state index < -0.39 is 6.10 Å². The van der Waals surface area contributed by atoms with Crippen LogP contribution in [0.2, 0.25) is 0 Å². The van der Waals surface area contributed by atoms with Crippen LogP contribution in [0.25, 0.3) is 11.1 Å². The molecule has 0 N–H and O–H groups in total. The minimum absolute atomic E-state index is 0.164. The van der Waals surface area contributed by atoms with Gasteiger partial charge in [-0.3, -0.25) is 9.69 Å². The van der Waals surface area contributed by atoms with Crippen LogP contribution in [0.5, 0.6) is 5.75 Å². The lowest BCUT2D eigenvalue weighted by Gasteiger charge is -2.17. The Morgan fingerprint density at radius 2 is 1.95 bits per heavy atom. The summed E-state index contributed by atoms with van der Waals surface area (Å²) in [6.45, 7) is 0. The van der Waals surface area contributed by atoms with Crippen molar-refractivity contribution in [3.63, 3.8) is 0 Å². The first kappa shape index (κ1) is 12.9. The first-order valence-corrected chi connectivity index (χ1v) is 7.10. The topological polar surface area (TPSA) is 55.6 Å². The van der Waals surface area contributed by atoms with Crippen molar-refractivity contribution in [1.82, 2.24) is 4.98 Å². The maximum Gasteiger partial charge on any atom is 0.305 e. The summed E-state index contributed by atoms with van der Waals surface area (Å²) in [6, 6.07) is 15.4. The second-order valence-corrected chi connectivity index (χ2v) is 5.28. The Labute approximate surface area is 127 Å². The van der Waals surface area contributed by atoms with Crippen molar-refractivity contribution in [3.05, 3.63) is 54.1 Å². The maximum absolute atomic E-state index is 12.6. The quantitative estimate of drug-likeness (QED) is 0.729. The molecule has 0 bridgehead atoms. The summed E-state index contributed by atoms with van der Waals surface area (Å²) in [5.74, 6) is 0.606. The molecule has 2 heterocycles. The highest BCUT2D eigenvalue weighted by molar-refractivity contribution is 5.96. The number of ether oxygens (including phenoxy) is 1. The predicted molar refractivity (Wildman–Crippen MR) is 82.0 cm³/mol. The third-order valence-corrected chi connectivity index (χ3v) is 3.82. The number of nitrogens with zero attached hydrogens (tertiary/aromatic N) is 2. The van der Waals surface area contributed by atoms with E-state index >= 15 is 0 Å². The summed E-state index contributed by atoms with van der Waals surface area (Å²) in [4.78, 5) is 18.3. The highest BCUT2D eigenvalue weighted by Gasteiger charge is 2.32. The molecule has 4 rings (SSSR count). The fourth-order valence-corrected chi connectivity index (χ4v) is 2.63. The molecule has 1 unspecified atom stereocenters. The van der Waals surface area contributed by atoms with Crippen LogP contribution < -0.4 is 9.64 Å². The molecule has 1 aliphatic rings. The first-order valence-electron chi connectivity index (χ1n) is 7.10. The Bertz CT molecular complexity index is 798. The van der Waals surface area contributed by atoms with Gasteiger partial charge in [0.05, 0.1) is 0 Å². The number of likely N-dealkylation sites (N-methyl/N-ethyl adjacent to an activating group) is 1. The van der Waals surface area contributed by atoms with Crippen molar-refractivity contribution in [2.75, 3.05) is 11.9 Å². The van der Waals surface area contributed by atoms with Crippen molar-refractivity contribution in [3.8, 4) is 5.75 Å². The van der Waals surface area contributed by atoms with E-state index in [4.69, 9.17) is 9.15 Å². The molecule has 1 atom stereocenters. The molecular weight excluding hydrogens is 280 g/mol. The van der Waals surface area contributed by atoms with E-state index in [-0.39, 0.29) is 11.9 Å². The molecule has 0 saturated carbocycles. The number of rotatable bonds is 2. The number of hydrogen-bond donors (Lipinski definition) is 0. The van der Waals surface area contributed by atoms with Crippen LogP contribution in [0.15, 0.2) is 52.9 Å². The normalized spacial score (nSPS) is 16.3. The van der Waals surface area contributed by atoms with Crippen molar-refractivity contribution < 1.29 is 13.9 Å². The number of amides is 1. The van der Waals surface area contributed by atoms with Crippen LogP contribution in [-0.2, 0) is 11.2 Å². The van der Waals surface area contributed by atoms with Gasteiger partial charge in [0, 0.05) is 13.5 Å². The molecule has 3 aromatic rings. The lowest BCUT2D eigenvalue weighted by Crippen LogP contribution is -2.39. The predicted octanol–water partition coefficient (Wildman–Crippen LogP) is 2.79. The molecule has 0 spiro atoms. The number of aromatic nitrogens is 1. The van der Waals surface area contributed by atoms with Gasteiger partial charge in [-0.15, -0.1) is 0 Å². The van der Waals surface area contributed by atoms with E-state index in [0.717, 1.165) is 16.8 Å². The Kier molecular flexibility index (Phi) is 2.85. The van der Waals surface area contributed by atoms with Gasteiger partial charge < -0.3 is 9.15 Å².